The van der Waals surface area contributed by atoms with Crippen LogP contribution in [0.4, 0.5) is 0 Å². The van der Waals surface area contributed by atoms with Crippen LogP contribution in [0.25, 0.3) is 33.4 Å². The molecule has 0 radical (unpaired) electrons. The van der Waals surface area contributed by atoms with Gasteiger partial charge in [0.25, 0.3) is 0 Å². The molecule has 116 valence electrons. The van der Waals surface area contributed by atoms with E-state index in [1.54, 1.807) is 0 Å². The molecular weight excluding hydrogens is 292 g/mol. The highest BCUT2D eigenvalue weighted by atomic mass is 14.8. The minimum Gasteiger partial charge on any atom is -0.255 e. The fourth-order valence-electron chi connectivity index (χ4n) is 2.96. The van der Waals surface area contributed by atoms with E-state index < -0.39 is 0 Å². The molecule has 0 aliphatic carbocycles. The molecule has 0 amide bonds. The Labute approximate surface area is 141 Å². The summed E-state index contributed by atoms with van der Waals surface area (Å²) >= 11 is 0. The molecule has 0 atom stereocenters. The molecule has 24 heavy (non-hydrogen) atoms. The Kier molecular flexibility index (Phi) is 3.80. The molecule has 4 rings (SSSR count). The first-order valence-corrected chi connectivity index (χ1v) is 8.25. The SMILES string of the molecule is CCc1ccc(-c2nc3cccnc3cc2-c2ccccc2)cc1. The summed E-state index contributed by atoms with van der Waals surface area (Å²) in [4.78, 5) is 9.38. The van der Waals surface area contributed by atoms with Gasteiger partial charge in [-0.1, -0.05) is 61.5 Å². The molecule has 2 nitrogen and oxygen atoms in total. The predicted molar refractivity (Wildman–Crippen MR) is 99.8 cm³/mol. The average molecular weight is 310 g/mol. The highest BCUT2D eigenvalue weighted by Gasteiger charge is 2.11. The summed E-state index contributed by atoms with van der Waals surface area (Å²) in [6.45, 7) is 2.17. The van der Waals surface area contributed by atoms with Crippen molar-refractivity contribution in [3.8, 4) is 22.4 Å². The van der Waals surface area contributed by atoms with Gasteiger partial charge < -0.3 is 0 Å². The Bertz CT molecular complexity index is 974. The van der Waals surface area contributed by atoms with Crippen molar-refractivity contribution >= 4 is 11.0 Å². The largest absolute Gasteiger partial charge is 0.255 e. The molecule has 0 unspecified atom stereocenters. The van der Waals surface area contributed by atoms with Gasteiger partial charge in [0.15, 0.2) is 0 Å². The Balaban J connectivity index is 1.97. The fourth-order valence-corrected chi connectivity index (χ4v) is 2.96. The number of aromatic nitrogens is 2. The van der Waals surface area contributed by atoms with Crippen molar-refractivity contribution in [3.05, 3.63) is 84.6 Å². The Morgan fingerprint density at radius 3 is 2.29 bits per heavy atom. The summed E-state index contributed by atoms with van der Waals surface area (Å²) in [7, 11) is 0. The van der Waals surface area contributed by atoms with Crippen molar-refractivity contribution < 1.29 is 0 Å². The third-order valence-electron chi connectivity index (χ3n) is 4.31. The lowest BCUT2D eigenvalue weighted by molar-refractivity contribution is 1.14. The van der Waals surface area contributed by atoms with Gasteiger partial charge in [0, 0.05) is 17.3 Å². The number of benzene rings is 2. The molecule has 2 aromatic heterocycles. The normalized spacial score (nSPS) is 10.9. The van der Waals surface area contributed by atoms with Crippen molar-refractivity contribution in [2.24, 2.45) is 0 Å². The van der Waals surface area contributed by atoms with Gasteiger partial charge in [-0.25, -0.2) is 4.98 Å². The first kappa shape index (κ1) is 14.6. The first-order valence-electron chi connectivity index (χ1n) is 8.25. The molecule has 0 saturated heterocycles. The number of aryl methyl sites for hydroxylation is 1. The lowest BCUT2D eigenvalue weighted by atomic mass is 9.97. The number of hydrogen-bond acceptors (Lipinski definition) is 2. The van der Waals surface area contributed by atoms with E-state index in [1.807, 2.05) is 24.4 Å². The molecule has 2 aromatic carbocycles. The lowest BCUT2D eigenvalue weighted by Gasteiger charge is -2.11. The zero-order chi connectivity index (χ0) is 16.4. The second-order valence-electron chi connectivity index (χ2n) is 5.84. The summed E-state index contributed by atoms with van der Waals surface area (Å²) in [5.74, 6) is 0. The van der Waals surface area contributed by atoms with E-state index in [1.165, 1.54) is 5.56 Å². The van der Waals surface area contributed by atoms with Crippen LogP contribution in [-0.2, 0) is 6.42 Å². The maximum atomic E-state index is 4.91. The van der Waals surface area contributed by atoms with Crippen LogP contribution in [0.1, 0.15) is 12.5 Å². The van der Waals surface area contributed by atoms with Crippen LogP contribution in [0.15, 0.2) is 79.0 Å². The first-order chi connectivity index (χ1) is 11.8. The van der Waals surface area contributed by atoms with Gasteiger partial charge in [-0.3, -0.25) is 4.98 Å². The third-order valence-corrected chi connectivity index (χ3v) is 4.31. The predicted octanol–water partition coefficient (Wildman–Crippen LogP) is 5.53. The third kappa shape index (κ3) is 2.67. The summed E-state index contributed by atoms with van der Waals surface area (Å²) in [5, 5.41) is 0. The van der Waals surface area contributed by atoms with Crippen LogP contribution < -0.4 is 0 Å². The van der Waals surface area contributed by atoms with Crippen LogP contribution in [0.5, 0.6) is 0 Å². The van der Waals surface area contributed by atoms with Crippen LogP contribution in [0.2, 0.25) is 0 Å². The topological polar surface area (TPSA) is 25.8 Å². The van der Waals surface area contributed by atoms with Crippen LogP contribution in [0, 0.1) is 0 Å². The van der Waals surface area contributed by atoms with Crippen molar-refractivity contribution in [3.63, 3.8) is 0 Å². The zero-order valence-electron chi connectivity index (χ0n) is 13.6. The minimum absolute atomic E-state index is 0.922. The molecule has 0 N–H and O–H groups in total. The molecule has 0 fully saturated rings. The number of rotatable bonds is 3. The molecule has 0 aliphatic rings. The molecular formula is C22H18N2. The second-order valence-corrected chi connectivity index (χ2v) is 5.84. The Morgan fingerprint density at radius 1 is 0.750 bits per heavy atom. The van der Waals surface area contributed by atoms with E-state index in [9.17, 15) is 0 Å². The molecule has 4 aromatic rings. The average Bonchev–Trinajstić information content (AvgIpc) is 2.68. The Hall–Kier alpha value is -3.00. The van der Waals surface area contributed by atoms with Gasteiger partial charge in [0.05, 0.1) is 16.7 Å². The van der Waals surface area contributed by atoms with Crippen molar-refractivity contribution in [2.45, 2.75) is 13.3 Å². The summed E-state index contributed by atoms with van der Waals surface area (Å²) in [6, 6.07) is 25.2. The highest BCUT2D eigenvalue weighted by Crippen LogP contribution is 2.32. The fraction of sp³-hybridized carbons (Fsp3) is 0.0909. The number of hydrogen-bond donors (Lipinski definition) is 0. The van der Waals surface area contributed by atoms with Gasteiger partial charge in [-0.15, -0.1) is 0 Å². The van der Waals surface area contributed by atoms with E-state index in [0.717, 1.165) is 39.8 Å². The number of nitrogens with zero attached hydrogens (tertiary/aromatic N) is 2. The van der Waals surface area contributed by atoms with Gasteiger partial charge in [0.2, 0.25) is 0 Å². The number of fused-ring (bicyclic) bond motifs is 1. The maximum absolute atomic E-state index is 4.91. The molecule has 2 heteroatoms. The number of pyridine rings is 2. The van der Waals surface area contributed by atoms with Gasteiger partial charge in [0.1, 0.15) is 0 Å². The second kappa shape index (κ2) is 6.25. The highest BCUT2D eigenvalue weighted by molar-refractivity contribution is 5.89. The van der Waals surface area contributed by atoms with Gasteiger partial charge in [-0.2, -0.15) is 0 Å². The monoisotopic (exact) mass is 310 g/mol. The standard InChI is InChI=1S/C22H18N2/c1-2-16-10-12-18(13-11-16)22-19(17-7-4-3-5-8-17)15-21-20(24-22)9-6-14-23-21/h3-15H,2H2,1H3. The molecule has 0 bridgehead atoms. The summed E-state index contributed by atoms with van der Waals surface area (Å²) in [6.07, 6.45) is 2.86. The van der Waals surface area contributed by atoms with Crippen LogP contribution in [0.3, 0.4) is 0 Å². The van der Waals surface area contributed by atoms with E-state index in [0.29, 0.717) is 0 Å². The van der Waals surface area contributed by atoms with Crippen LogP contribution in [-0.4, -0.2) is 9.97 Å². The maximum Gasteiger partial charge on any atom is 0.0894 e. The molecule has 0 aliphatic heterocycles. The smallest absolute Gasteiger partial charge is 0.0894 e. The molecule has 0 saturated carbocycles. The minimum atomic E-state index is 0.922. The van der Waals surface area contributed by atoms with E-state index >= 15 is 0 Å². The van der Waals surface area contributed by atoms with E-state index in [2.05, 4.69) is 66.5 Å². The van der Waals surface area contributed by atoms with E-state index in [4.69, 9.17) is 4.98 Å². The van der Waals surface area contributed by atoms with E-state index in [-0.39, 0.29) is 0 Å². The van der Waals surface area contributed by atoms with Crippen molar-refractivity contribution in [1.82, 2.24) is 9.97 Å². The quantitative estimate of drug-likeness (QED) is 0.497. The van der Waals surface area contributed by atoms with Gasteiger partial charge >= 0.3 is 0 Å². The lowest BCUT2D eigenvalue weighted by Crippen LogP contribution is -1.93. The van der Waals surface area contributed by atoms with Crippen LogP contribution >= 0.6 is 0 Å². The van der Waals surface area contributed by atoms with Gasteiger partial charge in [-0.05, 0) is 35.7 Å². The molecule has 0 spiro atoms. The zero-order valence-corrected chi connectivity index (χ0v) is 13.6. The molecule has 2 heterocycles. The van der Waals surface area contributed by atoms with Crippen molar-refractivity contribution in [2.75, 3.05) is 0 Å². The summed E-state index contributed by atoms with van der Waals surface area (Å²) < 4.78 is 0. The Morgan fingerprint density at radius 2 is 1.54 bits per heavy atom. The summed E-state index contributed by atoms with van der Waals surface area (Å²) in [5.41, 5.74) is 7.60. The van der Waals surface area contributed by atoms with Crippen molar-refractivity contribution in [1.29, 1.82) is 0 Å².